The third kappa shape index (κ3) is 37.4. The van der Waals surface area contributed by atoms with Gasteiger partial charge < -0.3 is 19.1 Å². The van der Waals surface area contributed by atoms with Crippen LogP contribution in [0.25, 0.3) is 0 Å². The molecule has 0 aromatic carbocycles. The summed E-state index contributed by atoms with van der Waals surface area (Å²) in [5.41, 5.74) is 1.39. The van der Waals surface area contributed by atoms with Gasteiger partial charge in [-0.3, -0.25) is 0 Å². The molecule has 0 fully saturated rings. The normalized spacial score (nSPS) is 10.3. The highest BCUT2D eigenvalue weighted by molar-refractivity contribution is 5.87. The zero-order valence-corrected chi connectivity index (χ0v) is 29.6. The second-order valence-corrected chi connectivity index (χ2v) is 11.2. The number of hydrogen-bond acceptors (Lipinski definition) is 7. The van der Waals surface area contributed by atoms with Gasteiger partial charge in [-0.05, 0) is 73.4 Å². The van der Waals surface area contributed by atoms with Crippen LogP contribution in [0.4, 0.5) is 0 Å². The lowest BCUT2D eigenvalue weighted by atomic mass is 10.1. The molecule has 0 spiro atoms. The number of allylic oxidation sites excluding steroid dienone is 2. The fourth-order valence-electron chi connectivity index (χ4n) is 3.47. The average molecular weight is 622 g/mol. The molecule has 0 bridgehead atoms. The smallest absolute Gasteiger partial charge is 0.333 e. The molecule has 0 heterocycles. The van der Waals surface area contributed by atoms with Gasteiger partial charge in [-0.25, -0.2) is 14.4 Å². The lowest BCUT2D eigenvalue weighted by Gasteiger charge is -2.13. The van der Waals surface area contributed by atoms with Crippen LogP contribution in [0, 0.1) is 0 Å². The summed E-state index contributed by atoms with van der Waals surface area (Å²) >= 11 is 0. The Morgan fingerprint density at radius 3 is 1.34 bits per heavy atom. The molecule has 0 rings (SSSR count). The molecule has 7 nitrogen and oxygen atoms in total. The fraction of sp³-hybridized carbons (Fsp3) is 0.703. The van der Waals surface area contributed by atoms with Crippen molar-refractivity contribution in [1.29, 1.82) is 0 Å². The second kappa shape index (κ2) is 34.8. The van der Waals surface area contributed by atoms with E-state index in [-0.39, 0.29) is 17.9 Å². The van der Waals surface area contributed by atoms with Gasteiger partial charge in [0.05, 0.1) is 13.2 Å². The molecule has 7 heteroatoms. The third-order valence-corrected chi connectivity index (χ3v) is 6.46. The van der Waals surface area contributed by atoms with E-state index in [1.54, 1.807) is 27.7 Å². The van der Waals surface area contributed by atoms with E-state index in [9.17, 15) is 14.4 Å². The van der Waals surface area contributed by atoms with E-state index >= 15 is 0 Å². The number of ether oxygens (including phenoxy) is 3. The minimum atomic E-state index is -0.312. The molecule has 0 aromatic rings. The Morgan fingerprint density at radius 2 is 0.955 bits per heavy atom. The molecule has 0 atom stereocenters. The summed E-state index contributed by atoms with van der Waals surface area (Å²) in [4.78, 5) is 34.5. The fourth-order valence-corrected chi connectivity index (χ4v) is 3.47. The van der Waals surface area contributed by atoms with Crippen LogP contribution in [-0.2, 0) is 28.6 Å². The summed E-state index contributed by atoms with van der Waals surface area (Å²) in [6, 6.07) is 0. The third-order valence-electron chi connectivity index (χ3n) is 6.46. The standard InChI is InChI=1S/C22H40O2.C9H17NO2.C6H10O2/c1-4-5-6-7-8-9-10-11-12-13-14-15-16-17-18-19-20-24-22(23)21(2)3;1-5-10(4)6-7-12-9(11)8(2)3;1-4-8-6(7)5(2)3/h11-12H,2,4-10,13-20H2,1,3H3;2,5-7H2,1,3-4H3;2,4H2,1,3H3/b12-11-;;. The average Bonchev–Trinajstić information content (AvgIpc) is 2.99. The van der Waals surface area contributed by atoms with E-state index in [2.05, 4.69) is 55.4 Å². The van der Waals surface area contributed by atoms with Crippen LogP contribution in [0.15, 0.2) is 48.6 Å². The number of rotatable bonds is 24. The van der Waals surface area contributed by atoms with Gasteiger partial charge in [0.1, 0.15) is 6.61 Å². The summed E-state index contributed by atoms with van der Waals surface area (Å²) in [6.45, 7) is 24.6. The zero-order chi connectivity index (χ0) is 34.0. The van der Waals surface area contributed by atoms with Crippen LogP contribution in [0.1, 0.15) is 131 Å². The van der Waals surface area contributed by atoms with Crippen molar-refractivity contribution < 1.29 is 28.6 Å². The first-order valence-corrected chi connectivity index (χ1v) is 16.8. The highest BCUT2D eigenvalue weighted by Gasteiger charge is 2.03. The van der Waals surface area contributed by atoms with E-state index < -0.39 is 0 Å². The molecule has 0 N–H and O–H groups in total. The lowest BCUT2D eigenvalue weighted by molar-refractivity contribution is -0.140. The van der Waals surface area contributed by atoms with E-state index in [0.717, 1.165) is 25.9 Å². The Balaban J connectivity index is -0.000000692. The number of carbonyl (C=O) groups is 3. The largest absolute Gasteiger partial charge is 0.463 e. The molecular weight excluding hydrogens is 554 g/mol. The summed E-state index contributed by atoms with van der Waals surface area (Å²) < 4.78 is 14.5. The second-order valence-electron chi connectivity index (χ2n) is 11.2. The monoisotopic (exact) mass is 621 g/mol. The molecule has 0 aliphatic carbocycles. The SMILES string of the molecule is C=C(C)C(=O)OCC.C=C(C)C(=O)OCCCCCCCC/C=C\CCCCCCCC.C=C(C)C(=O)OCCN(C)CC. The van der Waals surface area contributed by atoms with Crippen LogP contribution >= 0.6 is 0 Å². The quantitative estimate of drug-likeness (QED) is 0.0349. The van der Waals surface area contributed by atoms with Gasteiger partial charge in [0.25, 0.3) is 0 Å². The van der Waals surface area contributed by atoms with Crippen molar-refractivity contribution in [2.45, 2.75) is 131 Å². The van der Waals surface area contributed by atoms with Crippen molar-refractivity contribution >= 4 is 17.9 Å². The molecule has 0 unspecified atom stereocenters. The first-order valence-electron chi connectivity index (χ1n) is 16.8. The molecule has 0 aromatic heterocycles. The highest BCUT2D eigenvalue weighted by Crippen LogP contribution is 2.10. The Bertz CT molecular complexity index is 802. The van der Waals surface area contributed by atoms with Gasteiger partial charge in [0, 0.05) is 23.3 Å². The van der Waals surface area contributed by atoms with Crippen LogP contribution in [0.3, 0.4) is 0 Å². The Hall–Kier alpha value is -2.67. The number of esters is 3. The van der Waals surface area contributed by atoms with Crippen LogP contribution in [0.2, 0.25) is 0 Å². The van der Waals surface area contributed by atoms with E-state index in [1.165, 1.54) is 77.0 Å². The molecule has 44 heavy (non-hydrogen) atoms. The summed E-state index contributed by atoms with van der Waals surface area (Å²) in [5, 5.41) is 0. The molecule has 0 amide bonds. The first-order chi connectivity index (χ1) is 20.9. The molecule has 0 saturated carbocycles. The topological polar surface area (TPSA) is 82.1 Å². The maximum Gasteiger partial charge on any atom is 0.333 e. The number of carbonyl (C=O) groups excluding carboxylic acids is 3. The summed E-state index contributed by atoms with van der Waals surface area (Å²) in [6.07, 6.45) is 22.8. The van der Waals surface area contributed by atoms with E-state index in [1.807, 2.05) is 7.05 Å². The van der Waals surface area contributed by atoms with Crippen LogP contribution in [0.5, 0.6) is 0 Å². The van der Waals surface area contributed by atoms with Crippen molar-refractivity contribution in [2.75, 3.05) is 40.0 Å². The van der Waals surface area contributed by atoms with Crippen molar-refractivity contribution in [2.24, 2.45) is 0 Å². The molecule has 0 aliphatic heterocycles. The van der Waals surface area contributed by atoms with E-state index in [4.69, 9.17) is 9.47 Å². The number of hydrogen-bond donors (Lipinski definition) is 0. The predicted octanol–water partition coefficient (Wildman–Crippen LogP) is 9.33. The van der Waals surface area contributed by atoms with Crippen molar-refractivity contribution in [1.82, 2.24) is 4.90 Å². The highest BCUT2D eigenvalue weighted by atomic mass is 16.5. The van der Waals surface area contributed by atoms with Gasteiger partial charge in [0.2, 0.25) is 0 Å². The van der Waals surface area contributed by atoms with Gasteiger partial charge in [-0.2, -0.15) is 0 Å². The maximum absolute atomic E-state index is 11.2. The van der Waals surface area contributed by atoms with Crippen molar-refractivity contribution in [3.63, 3.8) is 0 Å². The summed E-state index contributed by atoms with van der Waals surface area (Å²) in [7, 11) is 1.98. The molecule has 0 aliphatic rings. The van der Waals surface area contributed by atoms with Crippen molar-refractivity contribution in [3.8, 4) is 0 Å². The van der Waals surface area contributed by atoms with Crippen LogP contribution in [-0.4, -0.2) is 62.8 Å². The Labute approximate surface area is 271 Å². The minimum absolute atomic E-state index is 0.261. The number of nitrogens with zero attached hydrogens (tertiary/aromatic N) is 1. The van der Waals surface area contributed by atoms with Gasteiger partial charge in [-0.15, -0.1) is 0 Å². The zero-order valence-electron chi connectivity index (χ0n) is 29.6. The van der Waals surface area contributed by atoms with Crippen molar-refractivity contribution in [3.05, 3.63) is 48.6 Å². The molecule has 0 saturated heterocycles. The van der Waals surface area contributed by atoms with E-state index in [0.29, 0.717) is 36.5 Å². The lowest BCUT2D eigenvalue weighted by Crippen LogP contribution is -2.24. The number of likely N-dealkylation sites (N-methyl/N-ethyl adjacent to an activating group) is 1. The Kier molecular flexibility index (Phi) is 36.2. The van der Waals surface area contributed by atoms with Gasteiger partial charge in [0.15, 0.2) is 0 Å². The Morgan fingerprint density at radius 1 is 0.568 bits per heavy atom. The molecule has 256 valence electrons. The van der Waals surface area contributed by atoms with Gasteiger partial charge >= 0.3 is 17.9 Å². The molecular formula is C37H67NO6. The predicted molar refractivity (Wildman–Crippen MR) is 186 cm³/mol. The maximum atomic E-state index is 11.2. The molecule has 0 radical (unpaired) electrons. The van der Waals surface area contributed by atoms with Gasteiger partial charge in [-0.1, -0.05) is 104 Å². The minimum Gasteiger partial charge on any atom is -0.463 e. The first kappa shape index (κ1) is 45.8. The van der Waals surface area contributed by atoms with Crippen LogP contribution < -0.4 is 0 Å². The summed E-state index contributed by atoms with van der Waals surface area (Å²) in [5.74, 6) is -0.880. The number of unbranched alkanes of at least 4 members (excludes halogenated alkanes) is 12.